The van der Waals surface area contributed by atoms with Crippen LogP contribution in [0.3, 0.4) is 0 Å². The summed E-state index contributed by atoms with van der Waals surface area (Å²) in [5.41, 5.74) is 0. The number of hydrogen-bond acceptors (Lipinski definition) is 3. The van der Waals surface area contributed by atoms with Crippen LogP contribution in [0.25, 0.3) is 0 Å². The Bertz CT molecular complexity index is 285. The molecule has 0 saturated heterocycles. The molecule has 21 heavy (non-hydrogen) atoms. The summed E-state index contributed by atoms with van der Waals surface area (Å²) in [7, 11) is 0. The lowest BCUT2D eigenvalue weighted by Crippen LogP contribution is -2.42. The number of rotatable bonds is 14. The van der Waals surface area contributed by atoms with Crippen LogP contribution in [-0.4, -0.2) is 28.8 Å². The van der Waals surface area contributed by atoms with Crippen LogP contribution in [-0.2, 0) is 9.59 Å². The number of carbonyl (C=O) groups is 2. The minimum absolute atomic E-state index is 0.124. The summed E-state index contributed by atoms with van der Waals surface area (Å²) >= 11 is 3.91. The number of thiol groups is 1. The maximum atomic E-state index is 11.5. The average Bonchev–Trinajstić information content (AvgIpc) is 2.46. The standard InChI is InChI=1S/C16H31NO3S/c1-2-3-4-5-6-7-8-9-10-11-12-15(18)17-14(13-21)16(19)20/h14,21H,2-13H2,1H3,(H,17,18)(H,19,20). The van der Waals surface area contributed by atoms with Crippen molar-refractivity contribution in [1.29, 1.82) is 0 Å². The molecule has 0 bridgehead atoms. The summed E-state index contributed by atoms with van der Waals surface area (Å²) in [5.74, 6) is -1.09. The van der Waals surface area contributed by atoms with Gasteiger partial charge >= 0.3 is 5.97 Å². The zero-order chi connectivity index (χ0) is 15.9. The summed E-state index contributed by atoms with van der Waals surface area (Å²) < 4.78 is 0. The number of aliphatic carboxylic acids is 1. The number of carbonyl (C=O) groups excluding carboxylic acids is 1. The molecule has 0 fully saturated rings. The van der Waals surface area contributed by atoms with Crippen molar-refractivity contribution >= 4 is 24.5 Å². The van der Waals surface area contributed by atoms with Gasteiger partial charge in [0.15, 0.2) is 0 Å². The van der Waals surface area contributed by atoms with Gasteiger partial charge in [0.1, 0.15) is 6.04 Å². The molecule has 1 unspecified atom stereocenters. The second kappa shape index (κ2) is 14.2. The highest BCUT2D eigenvalue weighted by Crippen LogP contribution is 2.11. The molecule has 0 aromatic carbocycles. The third-order valence-electron chi connectivity index (χ3n) is 3.57. The first-order valence-corrected chi connectivity index (χ1v) is 8.88. The molecule has 0 aromatic rings. The van der Waals surface area contributed by atoms with Gasteiger partial charge in [-0.3, -0.25) is 4.79 Å². The van der Waals surface area contributed by atoms with Gasteiger partial charge in [0.2, 0.25) is 5.91 Å². The van der Waals surface area contributed by atoms with E-state index in [9.17, 15) is 9.59 Å². The topological polar surface area (TPSA) is 66.4 Å². The van der Waals surface area contributed by atoms with Crippen LogP contribution >= 0.6 is 12.6 Å². The molecule has 0 heterocycles. The van der Waals surface area contributed by atoms with E-state index in [0.29, 0.717) is 6.42 Å². The molecule has 0 aromatic heterocycles. The average molecular weight is 317 g/mol. The van der Waals surface area contributed by atoms with Crippen molar-refractivity contribution in [3.8, 4) is 0 Å². The van der Waals surface area contributed by atoms with E-state index in [1.807, 2.05) is 0 Å². The van der Waals surface area contributed by atoms with Gasteiger partial charge in [-0.25, -0.2) is 4.79 Å². The van der Waals surface area contributed by atoms with E-state index in [2.05, 4.69) is 24.9 Å². The van der Waals surface area contributed by atoms with Gasteiger partial charge < -0.3 is 10.4 Å². The van der Waals surface area contributed by atoms with Gasteiger partial charge in [0, 0.05) is 12.2 Å². The Morgan fingerprint density at radius 1 is 0.952 bits per heavy atom. The Balaban J connectivity index is 3.38. The van der Waals surface area contributed by atoms with Gasteiger partial charge in [-0.05, 0) is 6.42 Å². The molecule has 0 aliphatic carbocycles. The minimum atomic E-state index is -1.03. The fourth-order valence-electron chi connectivity index (χ4n) is 2.22. The highest BCUT2D eigenvalue weighted by Gasteiger charge is 2.17. The van der Waals surface area contributed by atoms with E-state index in [0.717, 1.165) is 19.3 Å². The fraction of sp³-hybridized carbons (Fsp3) is 0.875. The Morgan fingerprint density at radius 2 is 1.43 bits per heavy atom. The maximum absolute atomic E-state index is 11.5. The highest BCUT2D eigenvalue weighted by molar-refractivity contribution is 7.80. The third-order valence-corrected chi connectivity index (χ3v) is 3.94. The number of nitrogens with one attached hydrogen (secondary N) is 1. The molecule has 0 rings (SSSR count). The van der Waals surface area contributed by atoms with Crippen LogP contribution in [0, 0.1) is 0 Å². The van der Waals surface area contributed by atoms with Crippen molar-refractivity contribution < 1.29 is 14.7 Å². The smallest absolute Gasteiger partial charge is 0.327 e. The fourth-order valence-corrected chi connectivity index (χ4v) is 2.47. The summed E-state index contributed by atoms with van der Waals surface area (Å²) in [6.07, 6.45) is 12.6. The van der Waals surface area contributed by atoms with Crippen molar-refractivity contribution in [2.45, 2.75) is 83.6 Å². The predicted molar refractivity (Wildman–Crippen MR) is 89.9 cm³/mol. The SMILES string of the molecule is CCCCCCCCCCCCC(=O)NC(CS)C(=O)O. The maximum Gasteiger partial charge on any atom is 0.327 e. The second-order valence-electron chi connectivity index (χ2n) is 5.57. The van der Waals surface area contributed by atoms with Gasteiger partial charge in [0.25, 0.3) is 0 Å². The number of amides is 1. The van der Waals surface area contributed by atoms with Gasteiger partial charge in [0.05, 0.1) is 0 Å². The van der Waals surface area contributed by atoms with Crippen molar-refractivity contribution in [2.24, 2.45) is 0 Å². The zero-order valence-electron chi connectivity index (χ0n) is 13.3. The monoisotopic (exact) mass is 317 g/mol. The van der Waals surface area contributed by atoms with E-state index in [1.54, 1.807) is 0 Å². The van der Waals surface area contributed by atoms with Gasteiger partial charge in [-0.2, -0.15) is 12.6 Å². The quantitative estimate of drug-likeness (QED) is 0.337. The Morgan fingerprint density at radius 3 is 1.86 bits per heavy atom. The zero-order valence-corrected chi connectivity index (χ0v) is 14.2. The van der Waals surface area contributed by atoms with Gasteiger partial charge in [-0.1, -0.05) is 64.7 Å². The summed E-state index contributed by atoms with van der Waals surface area (Å²) in [6.45, 7) is 2.23. The predicted octanol–water partition coefficient (Wildman–Crippen LogP) is 3.80. The summed E-state index contributed by atoms with van der Waals surface area (Å²) in [6, 6.07) is -0.871. The molecule has 0 saturated carbocycles. The molecule has 124 valence electrons. The molecule has 0 aliphatic heterocycles. The number of unbranched alkanes of at least 4 members (excludes halogenated alkanes) is 9. The highest BCUT2D eigenvalue weighted by atomic mass is 32.1. The first-order valence-electron chi connectivity index (χ1n) is 8.24. The van der Waals surface area contributed by atoms with Crippen LogP contribution in [0.15, 0.2) is 0 Å². The second-order valence-corrected chi connectivity index (χ2v) is 5.94. The largest absolute Gasteiger partial charge is 0.480 e. The van der Waals surface area contributed by atoms with E-state index >= 15 is 0 Å². The van der Waals surface area contributed by atoms with Crippen LogP contribution in [0.2, 0.25) is 0 Å². The van der Waals surface area contributed by atoms with E-state index in [1.165, 1.54) is 44.9 Å². The Labute approximate surface area is 134 Å². The lowest BCUT2D eigenvalue weighted by molar-refractivity contribution is -0.141. The molecular weight excluding hydrogens is 286 g/mol. The minimum Gasteiger partial charge on any atom is -0.480 e. The van der Waals surface area contributed by atoms with E-state index in [4.69, 9.17) is 5.11 Å². The molecular formula is C16H31NO3S. The molecule has 4 nitrogen and oxygen atoms in total. The lowest BCUT2D eigenvalue weighted by atomic mass is 10.1. The van der Waals surface area contributed by atoms with Crippen LogP contribution in [0.5, 0.6) is 0 Å². The first-order chi connectivity index (χ1) is 10.1. The van der Waals surface area contributed by atoms with Crippen molar-refractivity contribution in [3.05, 3.63) is 0 Å². The third kappa shape index (κ3) is 12.7. The van der Waals surface area contributed by atoms with Crippen LogP contribution in [0.1, 0.15) is 77.6 Å². The molecule has 0 radical (unpaired) electrons. The molecule has 1 amide bonds. The summed E-state index contributed by atoms with van der Waals surface area (Å²) in [5, 5.41) is 11.3. The number of carboxylic acids is 1. The Kier molecular flexibility index (Phi) is 13.8. The van der Waals surface area contributed by atoms with Crippen LogP contribution in [0.4, 0.5) is 0 Å². The van der Waals surface area contributed by atoms with Crippen molar-refractivity contribution in [1.82, 2.24) is 5.32 Å². The first kappa shape index (κ1) is 20.3. The number of carboxylic acid groups (broad SMARTS) is 1. The Hall–Kier alpha value is -0.710. The van der Waals surface area contributed by atoms with Gasteiger partial charge in [-0.15, -0.1) is 0 Å². The van der Waals surface area contributed by atoms with Crippen molar-refractivity contribution in [2.75, 3.05) is 5.75 Å². The normalized spacial score (nSPS) is 12.1. The van der Waals surface area contributed by atoms with E-state index in [-0.39, 0.29) is 11.7 Å². The van der Waals surface area contributed by atoms with E-state index < -0.39 is 12.0 Å². The molecule has 1 atom stereocenters. The molecule has 5 heteroatoms. The molecule has 0 aliphatic rings. The summed E-state index contributed by atoms with van der Waals surface area (Å²) in [4.78, 5) is 22.3. The van der Waals surface area contributed by atoms with Crippen LogP contribution < -0.4 is 5.32 Å². The molecule has 0 spiro atoms. The molecule has 2 N–H and O–H groups in total. The number of hydrogen-bond donors (Lipinski definition) is 3. The van der Waals surface area contributed by atoms with Crippen molar-refractivity contribution in [3.63, 3.8) is 0 Å². The lowest BCUT2D eigenvalue weighted by Gasteiger charge is -2.11.